The lowest BCUT2D eigenvalue weighted by Crippen LogP contribution is -2.39. The minimum absolute atomic E-state index is 0.133. The molecule has 0 radical (unpaired) electrons. The van der Waals surface area contributed by atoms with Crippen LogP contribution in [0.3, 0.4) is 0 Å². The highest BCUT2D eigenvalue weighted by Crippen LogP contribution is 2.23. The highest BCUT2D eigenvalue weighted by molar-refractivity contribution is 5.84. The van der Waals surface area contributed by atoms with E-state index in [0.29, 0.717) is 23.9 Å². The summed E-state index contributed by atoms with van der Waals surface area (Å²) in [5.74, 6) is 1.43. The van der Waals surface area contributed by atoms with Gasteiger partial charge >= 0.3 is 0 Å². The molecule has 4 rings (SSSR count). The van der Waals surface area contributed by atoms with Gasteiger partial charge in [-0.05, 0) is 42.3 Å². The third kappa shape index (κ3) is 4.74. The molecule has 0 unspecified atom stereocenters. The number of likely N-dealkylation sites (N-methyl/N-ethyl adjacent to an activating group) is 1. The van der Waals surface area contributed by atoms with Crippen molar-refractivity contribution >= 4 is 16.7 Å². The van der Waals surface area contributed by atoms with Gasteiger partial charge in [0.15, 0.2) is 6.10 Å². The van der Waals surface area contributed by atoms with Crippen LogP contribution in [0.15, 0.2) is 71.3 Å². The second-order valence-electron chi connectivity index (χ2n) is 7.60. The van der Waals surface area contributed by atoms with Crippen LogP contribution in [0.2, 0.25) is 0 Å². The molecule has 0 N–H and O–H groups in total. The van der Waals surface area contributed by atoms with Gasteiger partial charge in [-0.15, -0.1) is 0 Å². The maximum Gasteiger partial charge on any atom is 0.263 e. The number of amides is 1. The first kappa shape index (κ1) is 20.6. The van der Waals surface area contributed by atoms with Crippen LogP contribution < -0.4 is 4.74 Å². The summed E-state index contributed by atoms with van der Waals surface area (Å²) in [5, 5.41) is 6.25. The molecule has 0 saturated heterocycles. The van der Waals surface area contributed by atoms with Gasteiger partial charge in [0.2, 0.25) is 11.7 Å². The van der Waals surface area contributed by atoms with Crippen LogP contribution >= 0.6 is 0 Å². The molecule has 1 heterocycles. The topological polar surface area (TPSA) is 68.5 Å². The first-order chi connectivity index (χ1) is 15.0. The van der Waals surface area contributed by atoms with E-state index in [9.17, 15) is 4.79 Å². The second-order valence-corrected chi connectivity index (χ2v) is 7.60. The Morgan fingerprint density at radius 2 is 1.87 bits per heavy atom. The molecule has 31 heavy (non-hydrogen) atoms. The molecule has 0 aliphatic carbocycles. The Morgan fingerprint density at radius 1 is 1.06 bits per heavy atom. The average molecular weight is 415 g/mol. The highest BCUT2D eigenvalue weighted by atomic mass is 16.5. The number of hydrogen-bond donors (Lipinski definition) is 0. The predicted molar refractivity (Wildman–Crippen MR) is 120 cm³/mol. The van der Waals surface area contributed by atoms with E-state index in [0.717, 1.165) is 21.9 Å². The first-order valence-corrected chi connectivity index (χ1v) is 10.3. The Balaban J connectivity index is 1.43. The molecule has 0 aliphatic heterocycles. The van der Waals surface area contributed by atoms with Crippen molar-refractivity contribution in [3.63, 3.8) is 0 Å². The van der Waals surface area contributed by atoms with Crippen LogP contribution in [0.4, 0.5) is 0 Å². The fraction of sp³-hybridized carbons (Fsp3) is 0.240. The standard InChI is InChI=1S/C25H25N3O3/c1-4-22(30-21-13-12-18-9-5-6-10-19(18)15-21)25(29)28(3)16-23-26-24(27-31-23)20-11-7-8-17(2)14-20/h5-15,22H,4,16H2,1-3H3/t22-/m1/s1. The molecule has 0 saturated carbocycles. The zero-order valence-corrected chi connectivity index (χ0v) is 17.9. The molecule has 1 aromatic heterocycles. The van der Waals surface area contributed by atoms with Crippen LogP contribution in [-0.2, 0) is 11.3 Å². The molecule has 0 fully saturated rings. The van der Waals surface area contributed by atoms with Crippen molar-refractivity contribution in [1.29, 1.82) is 0 Å². The number of ether oxygens (including phenoxy) is 1. The Morgan fingerprint density at radius 3 is 2.65 bits per heavy atom. The molecule has 3 aromatic carbocycles. The maximum absolute atomic E-state index is 13.0. The molecule has 6 nitrogen and oxygen atoms in total. The fourth-order valence-corrected chi connectivity index (χ4v) is 3.46. The van der Waals surface area contributed by atoms with Crippen molar-refractivity contribution in [3.05, 3.63) is 78.2 Å². The number of benzene rings is 3. The SMILES string of the molecule is CC[C@@H](Oc1ccc2ccccc2c1)C(=O)N(C)Cc1nc(-c2cccc(C)c2)no1. The number of carbonyl (C=O) groups excluding carboxylic acids is 1. The van der Waals surface area contributed by atoms with Gasteiger partial charge in [0, 0.05) is 12.6 Å². The molecule has 1 atom stereocenters. The van der Waals surface area contributed by atoms with E-state index < -0.39 is 6.10 Å². The summed E-state index contributed by atoms with van der Waals surface area (Å²) in [4.78, 5) is 19.0. The fourth-order valence-electron chi connectivity index (χ4n) is 3.46. The Labute approximate surface area is 181 Å². The number of rotatable bonds is 7. The summed E-state index contributed by atoms with van der Waals surface area (Å²) in [6.07, 6.45) is -0.0423. The number of carbonyl (C=O) groups is 1. The van der Waals surface area contributed by atoms with Crippen molar-refractivity contribution in [2.75, 3.05) is 7.05 Å². The average Bonchev–Trinajstić information content (AvgIpc) is 3.25. The molecule has 158 valence electrons. The van der Waals surface area contributed by atoms with Crippen LogP contribution in [0, 0.1) is 6.92 Å². The lowest BCUT2D eigenvalue weighted by Gasteiger charge is -2.22. The van der Waals surface area contributed by atoms with E-state index in [2.05, 4.69) is 10.1 Å². The van der Waals surface area contributed by atoms with Crippen molar-refractivity contribution in [1.82, 2.24) is 15.0 Å². The summed E-state index contributed by atoms with van der Waals surface area (Å²) in [6, 6.07) is 21.8. The highest BCUT2D eigenvalue weighted by Gasteiger charge is 2.24. The largest absolute Gasteiger partial charge is 0.481 e. The van der Waals surface area contributed by atoms with Gasteiger partial charge in [-0.25, -0.2) is 0 Å². The molecule has 4 aromatic rings. The van der Waals surface area contributed by atoms with Gasteiger partial charge in [-0.3, -0.25) is 4.79 Å². The van der Waals surface area contributed by atoms with Gasteiger partial charge < -0.3 is 14.2 Å². The van der Waals surface area contributed by atoms with Crippen LogP contribution in [0.1, 0.15) is 24.8 Å². The normalized spacial score (nSPS) is 12.0. The van der Waals surface area contributed by atoms with Crippen molar-refractivity contribution in [2.45, 2.75) is 32.9 Å². The van der Waals surface area contributed by atoms with E-state index in [1.807, 2.05) is 80.6 Å². The van der Waals surface area contributed by atoms with Gasteiger partial charge in [0.1, 0.15) is 5.75 Å². The predicted octanol–water partition coefficient (Wildman–Crippen LogP) is 5.01. The maximum atomic E-state index is 13.0. The molecule has 0 aliphatic rings. The minimum Gasteiger partial charge on any atom is -0.481 e. The molecule has 6 heteroatoms. The second kappa shape index (κ2) is 9.00. The van der Waals surface area contributed by atoms with E-state index in [-0.39, 0.29) is 12.5 Å². The zero-order chi connectivity index (χ0) is 21.8. The number of nitrogens with zero attached hydrogens (tertiary/aromatic N) is 3. The summed E-state index contributed by atoms with van der Waals surface area (Å²) >= 11 is 0. The van der Waals surface area contributed by atoms with E-state index in [1.165, 1.54) is 0 Å². The van der Waals surface area contributed by atoms with E-state index in [4.69, 9.17) is 9.26 Å². The molecular formula is C25H25N3O3. The molecular weight excluding hydrogens is 390 g/mol. The summed E-state index contributed by atoms with van der Waals surface area (Å²) in [6.45, 7) is 4.16. The van der Waals surface area contributed by atoms with Crippen molar-refractivity contribution in [3.8, 4) is 17.1 Å². The summed E-state index contributed by atoms with van der Waals surface area (Å²) in [5.41, 5.74) is 2.00. The number of aryl methyl sites for hydroxylation is 1. The van der Waals surface area contributed by atoms with Crippen LogP contribution in [0.25, 0.3) is 22.2 Å². The quantitative estimate of drug-likeness (QED) is 0.424. The third-order valence-electron chi connectivity index (χ3n) is 5.14. The molecule has 0 spiro atoms. The van der Waals surface area contributed by atoms with E-state index >= 15 is 0 Å². The van der Waals surface area contributed by atoms with Gasteiger partial charge in [-0.2, -0.15) is 4.98 Å². The van der Waals surface area contributed by atoms with Gasteiger partial charge in [-0.1, -0.05) is 66.2 Å². The number of hydrogen-bond acceptors (Lipinski definition) is 5. The molecule has 0 bridgehead atoms. The summed E-state index contributed by atoms with van der Waals surface area (Å²) < 4.78 is 11.4. The molecule has 1 amide bonds. The van der Waals surface area contributed by atoms with Gasteiger partial charge in [0.05, 0.1) is 6.54 Å². The Kier molecular flexibility index (Phi) is 5.98. The lowest BCUT2D eigenvalue weighted by molar-refractivity contribution is -0.138. The Bertz CT molecular complexity index is 1200. The third-order valence-corrected chi connectivity index (χ3v) is 5.14. The van der Waals surface area contributed by atoms with E-state index in [1.54, 1.807) is 11.9 Å². The van der Waals surface area contributed by atoms with Crippen molar-refractivity contribution in [2.24, 2.45) is 0 Å². The Hall–Kier alpha value is -3.67. The first-order valence-electron chi connectivity index (χ1n) is 10.3. The lowest BCUT2D eigenvalue weighted by atomic mass is 10.1. The van der Waals surface area contributed by atoms with Crippen LogP contribution in [-0.4, -0.2) is 34.1 Å². The smallest absolute Gasteiger partial charge is 0.263 e. The van der Waals surface area contributed by atoms with Gasteiger partial charge in [0.25, 0.3) is 5.91 Å². The van der Waals surface area contributed by atoms with Crippen LogP contribution in [0.5, 0.6) is 5.75 Å². The number of fused-ring (bicyclic) bond motifs is 1. The summed E-state index contributed by atoms with van der Waals surface area (Å²) in [7, 11) is 1.71. The monoisotopic (exact) mass is 415 g/mol. The van der Waals surface area contributed by atoms with Crippen molar-refractivity contribution < 1.29 is 14.1 Å². The number of aromatic nitrogens is 2. The minimum atomic E-state index is -0.592. The zero-order valence-electron chi connectivity index (χ0n) is 17.9.